The minimum atomic E-state index is -0.108. The molecule has 5 atom stereocenters. The molecular weight excluding hydrogens is 284 g/mol. The van der Waals surface area contributed by atoms with E-state index >= 15 is 0 Å². The summed E-state index contributed by atoms with van der Waals surface area (Å²) in [6, 6.07) is 7.07. The summed E-state index contributed by atoms with van der Waals surface area (Å²) in [5.74, 6) is 2.13. The summed E-state index contributed by atoms with van der Waals surface area (Å²) in [6.45, 7) is 6.14. The molecule has 0 heterocycles. The van der Waals surface area contributed by atoms with E-state index < -0.39 is 0 Å². The topological polar surface area (TPSA) is 26.3 Å². The van der Waals surface area contributed by atoms with Crippen molar-refractivity contribution in [1.82, 2.24) is 0 Å². The van der Waals surface area contributed by atoms with E-state index in [1.807, 2.05) is 0 Å². The Bertz CT molecular complexity index is 635. The van der Waals surface area contributed by atoms with Gasteiger partial charge < -0.3 is 4.74 Å². The molecule has 4 rings (SSSR count). The number of rotatable bonds is 1. The van der Waals surface area contributed by atoms with Crippen LogP contribution in [0.4, 0.5) is 0 Å². The second kappa shape index (κ2) is 5.36. The zero-order valence-electron chi connectivity index (χ0n) is 14.6. The predicted octanol–water partition coefficient (Wildman–Crippen LogP) is 4.78. The zero-order chi connectivity index (χ0) is 16.2. The Hall–Kier alpha value is -1.31. The van der Waals surface area contributed by atoms with Gasteiger partial charge in [-0.25, -0.2) is 0 Å². The third kappa shape index (κ3) is 2.33. The van der Waals surface area contributed by atoms with Gasteiger partial charge in [-0.15, -0.1) is 0 Å². The first-order chi connectivity index (χ1) is 11.0. The average Bonchev–Trinajstić information content (AvgIpc) is 2.83. The van der Waals surface area contributed by atoms with Crippen LogP contribution in [0.2, 0.25) is 0 Å². The van der Waals surface area contributed by atoms with Gasteiger partial charge in [0, 0.05) is 12.3 Å². The molecule has 2 heteroatoms. The molecule has 124 valence electrons. The van der Waals surface area contributed by atoms with E-state index in [1.54, 1.807) is 18.1 Å². The van der Waals surface area contributed by atoms with Gasteiger partial charge >= 0.3 is 5.97 Å². The monoisotopic (exact) mass is 312 g/mol. The van der Waals surface area contributed by atoms with Crippen LogP contribution in [0.1, 0.15) is 68.6 Å². The second-order valence-corrected chi connectivity index (χ2v) is 8.34. The number of benzene rings is 1. The van der Waals surface area contributed by atoms with Crippen LogP contribution in [0, 0.1) is 24.2 Å². The largest absolute Gasteiger partial charge is 0.462 e. The number of carbonyl (C=O) groups is 1. The lowest BCUT2D eigenvalue weighted by Crippen LogP contribution is -2.45. The van der Waals surface area contributed by atoms with Crippen molar-refractivity contribution in [3.05, 3.63) is 34.9 Å². The molecule has 0 amide bonds. The highest BCUT2D eigenvalue weighted by Crippen LogP contribution is 2.61. The Morgan fingerprint density at radius 1 is 1.22 bits per heavy atom. The maximum absolute atomic E-state index is 11.5. The van der Waals surface area contributed by atoms with E-state index in [2.05, 4.69) is 32.0 Å². The molecule has 0 spiro atoms. The number of esters is 1. The molecule has 0 aromatic heterocycles. The van der Waals surface area contributed by atoms with Crippen molar-refractivity contribution in [3.8, 4) is 0 Å². The van der Waals surface area contributed by atoms with Crippen LogP contribution in [0.25, 0.3) is 0 Å². The van der Waals surface area contributed by atoms with E-state index in [0.717, 1.165) is 24.2 Å². The molecule has 1 aromatic carbocycles. The van der Waals surface area contributed by atoms with Gasteiger partial charge in [0.05, 0.1) is 0 Å². The Morgan fingerprint density at radius 3 is 2.83 bits per heavy atom. The van der Waals surface area contributed by atoms with Gasteiger partial charge in [-0.2, -0.15) is 0 Å². The fourth-order valence-electron chi connectivity index (χ4n) is 6.06. The fourth-order valence-corrected chi connectivity index (χ4v) is 6.06. The highest BCUT2D eigenvalue weighted by Gasteiger charge is 2.56. The van der Waals surface area contributed by atoms with Gasteiger partial charge in [-0.1, -0.05) is 30.7 Å². The van der Waals surface area contributed by atoms with Crippen molar-refractivity contribution in [2.24, 2.45) is 17.3 Å². The van der Waals surface area contributed by atoms with Crippen LogP contribution in [-0.2, 0) is 16.0 Å². The Kier molecular flexibility index (Phi) is 3.55. The van der Waals surface area contributed by atoms with E-state index in [0.29, 0.717) is 0 Å². The summed E-state index contributed by atoms with van der Waals surface area (Å²) in [6.07, 6.45) is 7.43. The van der Waals surface area contributed by atoms with E-state index in [-0.39, 0.29) is 17.5 Å². The normalized spacial score (nSPS) is 38.4. The van der Waals surface area contributed by atoms with Gasteiger partial charge in [0.25, 0.3) is 0 Å². The third-order valence-electron chi connectivity index (χ3n) is 7.10. The molecule has 23 heavy (non-hydrogen) atoms. The Labute approximate surface area is 139 Å². The standard InChI is InChI=1S/C21H28O2/c1-13-4-6-16-15(12-13)5-7-18-17(16)10-11-21(3)19(18)8-9-20(21)23-14(2)22/h4,6,12,17-20H,5,7-11H2,1-3H3/t17?,18?,19?,20-,21?/m0/s1. The molecule has 3 aliphatic carbocycles. The van der Waals surface area contributed by atoms with Crippen LogP contribution in [0.15, 0.2) is 18.2 Å². The second-order valence-electron chi connectivity index (χ2n) is 8.34. The lowest BCUT2D eigenvalue weighted by Gasteiger charge is -2.50. The van der Waals surface area contributed by atoms with E-state index in [1.165, 1.54) is 37.7 Å². The van der Waals surface area contributed by atoms with Crippen LogP contribution in [0.5, 0.6) is 0 Å². The van der Waals surface area contributed by atoms with Crippen molar-refractivity contribution < 1.29 is 9.53 Å². The van der Waals surface area contributed by atoms with Crippen molar-refractivity contribution in [3.63, 3.8) is 0 Å². The number of fused-ring (bicyclic) bond motifs is 5. The van der Waals surface area contributed by atoms with Gasteiger partial charge in [0.2, 0.25) is 0 Å². The molecule has 0 bridgehead atoms. The molecule has 0 saturated heterocycles. The summed E-state index contributed by atoms with van der Waals surface area (Å²) in [5.41, 5.74) is 4.79. The van der Waals surface area contributed by atoms with Gasteiger partial charge in [0.1, 0.15) is 6.10 Å². The Morgan fingerprint density at radius 2 is 2.04 bits per heavy atom. The maximum Gasteiger partial charge on any atom is 0.302 e. The lowest BCUT2D eigenvalue weighted by molar-refractivity contribution is -0.154. The summed E-state index contributed by atoms with van der Waals surface area (Å²) < 4.78 is 5.71. The minimum Gasteiger partial charge on any atom is -0.462 e. The van der Waals surface area contributed by atoms with Crippen molar-refractivity contribution in [1.29, 1.82) is 0 Å². The first kappa shape index (κ1) is 15.2. The lowest BCUT2D eigenvalue weighted by atomic mass is 9.55. The predicted molar refractivity (Wildman–Crippen MR) is 91.4 cm³/mol. The van der Waals surface area contributed by atoms with Crippen molar-refractivity contribution >= 4 is 5.97 Å². The van der Waals surface area contributed by atoms with Gasteiger partial charge in [-0.05, 0) is 74.3 Å². The molecular formula is C21H28O2. The SMILES string of the molecule is CC(=O)O[C@H]1CCC2C3CCc4cc(C)ccc4C3CCC21C. The van der Waals surface area contributed by atoms with Crippen LogP contribution >= 0.6 is 0 Å². The van der Waals surface area contributed by atoms with Gasteiger partial charge in [-0.3, -0.25) is 4.79 Å². The van der Waals surface area contributed by atoms with Crippen LogP contribution in [-0.4, -0.2) is 12.1 Å². The fraction of sp³-hybridized carbons (Fsp3) is 0.667. The molecule has 3 aliphatic rings. The summed E-state index contributed by atoms with van der Waals surface area (Å²) in [4.78, 5) is 11.5. The molecule has 2 saturated carbocycles. The summed E-state index contributed by atoms with van der Waals surface area (Å²) >= 11 is 0. The third-order valence-corrected chi connectivity index (χ3v) is 7.10. The van der Waals surface area contributed by atoms with E-state index in [4.69, 9.17) is 4.74 Å². The maximum atomic E-state index is 11.5. The van der Waals surface area contributed by atoms with E-state index in [9.17, 15) is 4.79 Å². The molecule has 2 nitrogen and oxygen atoms in total. The Balaban J connectivity index is 1.63. The van der Waals surface area contributed by atoms with Crippen LogP contribution < -0.4 is 0 Å². The average molecular weight is 312 g/mol. The molecule has 2 fully saturated rings. The number of ether oxygens (including phenoxy) is 1. The van der Waals surface area contributed by atoms with Gasteiger partial charge in [0.15, 0.2) is 0 Å². The smallest absolute Gasteiger partial charge is 0.302 e. The van der Waals surface area contributed by atoms with Crippen LogP contribution in [0.3, 0.4) is 0 Å². The number of hydrogen-bond acceptors (Lipinski definition) is 2. The highest BCUT2D eigenvalue weighted by atomic mass is 16.5. The molecule has 0 aliphatic heterocycles. The first-order valence-electron chi connectivity index (χ1n) is 9.25. The first-order valence-corrected chi connectivity index (χ1v) is 9.25. The zero-order valence-corrected chi connectivity index (χ0v) is 14.6. The molecule has 4 unspecified atom stereocenters. The van der Waals surface area contributed by atoms with Crippen molar-refractivity contribution in [2.45, 2.75) is 71.3 Å². The minimum absolute atomic E-state index is 0.108. The van der Waals surface area contributed by atoms with Crippen molar-refractivity contribution in [2.75, 3.05) is 0 Å². The number of hydrogen-bond donors (Lipinski definition) is 0. The summed E-state index contributed by atoms with van der Waals surface area (Å²) in [5, 5.41) is 0. The molecule has 1 aromatic rings. The molecule has 0 radical (unpaired) electrons. The molecule has 0 N–H and O–H groups in total. The summed E-state index contributed by atoms with van der Waals surface area (Å²) in [7, 11) is 0. The number of aryl methyl sites for hydroxylation is 2. The highest BCUT2D eigenvalue weighted by molar-refractivity contribution is 5.66. The number of carbonyl (C=O) groups excluding carboxylic acids is 1. The quantitative estimate of drug-likeness (QED) is 0.697.